The zero-order valence-corrected chi connectivity index (χ0v) is 11.3. The highest BCUT2D eigenvalue weighted by Gasteiger charge is 2.15. The third-order valence-corrected chi connectivity index (χ3v) is 4.67. The molecule has 0 amide bonds. The second-order valence-electron chi connectivity index (χ2n) is 4.04. The van der Waals surface area contributed by atoms with Gasteiger partial charge in [0.15, 0.2) is 9.84 Å². The summed E-state index contributed by atoms with van der Waals surface area (Å²) in [6, 6.07) is 7.39. The topological polar surface area (TPSA) is 55.4 Å². The maximum absolute atomic E-state index is 11.5. The van der Waals surface area contributed by atoms with Crippen LogP contribution < -0.4 is 10.1 Å². The van der Waals surface area contributed by atoms with Crippen molar-refractivity contribution in [2.75, 3.05) is 24.7 Å². The summed E-state index contributed by atoms with van der Waals surface area (Å²) in [5.41, 5.74) is 0.993. The molecule has 1 aromatic rings. The summed E-state index contributed by atoms with van der Waals surface area (Å²) in [6.07, 6.45) is 0. The highest BCUT2D eigenvalue weighted by molar-refractivity contribution is 7.91. The molecule has 0 heterocycles. The van der Waals surface area contributed by atoms with Gasteiger partial charge in [0.2, 0.25) is 0 Å². The Bertz CT molecular complexity index is 437. The van der Waals surface area contributed by atoms with E-state index in [1.54, 1.807) is 13.8 Å². The Hall–Kier alpha value is -1.23. The standard InChI is InChI=1S/C12H19NO3S/c1-10(2)17(14,15)9-8-16-12-6-4-11(13-3)5-7-12/h4-7,10,13H,8-9H2,1-3H3. The van der Waals surface area contributed by atoms with Crippen LogP contribution in [0.1, 0.15) is 13.8 Å². The summed E-state index contributed by atoms with van der Waals surface area (Å²) >= 11 is 0. The number of rotatable bonds is 6. The third-order valence-electron chi connectivity index (χ3n) is 2.50. The van der Waals surface area contributed by atoms with Crippen molar-refractivity contribution in [2.24, 2.45) is 0 Å². The quantitative estimate of drug-likeness (QED) is 0.846. The van der Waals surface area contributed by atoms with Gasteiger partial charge in [0.05, 0.1) is 11.0 Å². The first-order valence-electron chi connectivity index (χ1n) is 5.58. The summed E-state index contributed by atoms with van der Waals surface area (Å²) in [4.78, 5) is 0. The lowest BCUT2D eigenvalue weighted by Gasteiger charge is -2.09. The Morgan fingerprint density at radius 3 is 2.29 bits per heavy atom. The van der Waals surface area contributed by atoms with Crippen LogP contribution in [0.3, 0.4) is 0 Å². The molecule has 0 saturated carbocycles. The minimum atomic E-state index is -3.02. The average molecular weight is 257 g/mol. The van der Waals surface area contributed by atoms with Crippen molar-refractivity contribution in [2.45, 2.75) is 19.1 Å². The van der Waals surface area contributed by atoms with E-state index in [1.165, 1.54) is 0 Å². The summed E-state index contributed by atoms with van der Waals surface area (Å²) in [5.74, 6) is 0.737. The Morgan fingerprint density at radius 2 is 1.82 bits per heavy atom. The van der Waals surface area contributed by atoms with E-state index < -0.39 is 9.84 Å². The molecule has 0 aliphatic heterocycles. The number of benzene rings is 1. The van der Waals surface area contributed by atoms with Gasteiger partial charge in [0, 0.05) is 12.7 Å². The SMILES string of the molecule is CNc1ccc(OCCS(=O)(=O)C(C)C)cc1. The lowest BCUT2D eigenvalue weighted by Crippen LogP contribution is -2.21. The molecular weight excluding hydrogens is 238 g/mol. The van der Waals surface area contributed by atoms with Gasteiger partial charge in [0.1, 0.15) is 12.4 Å². The summed E-state index contributed by atoms with van der Waals surface area (Å²) in [5, 5.41) is 2.65. The first kappa shape index (κ1) is 13.8. The van der Waals surface area contributed by atoms with E-state index in [2.05, 4.69) is 5.32 Å². The lowest BCUT2D eigenvalue weighted by atomic mass is 10.3. The lowest BCUT2D eigenvalue weighted by molar-refractivity contribution is 0.340. The Kier molecular flexibility index (Phi) is 4.81. The largest absolute Gasteiger partial charge is 0.493 e. The highest BCUT2D eigenvalue weighted by Crippen LogP contribution is 2.15. The zero-order valence-electron chi connectivity index (χ0n) is 10.4. The average Bonchev–Trinajstić information content (AvgIpc) is 2.29. The number of ether oxygens (including phenoxy) is 1. The van der Waals surface area contributed by atoms with Gasteiger partial charge in [-0.1, -0.05) is 0 Å². The monoisotopic (exact) mass is 257 g/mol. The molecule has 96 valence electrons. The van der Waals surface area contributed by atoms with Gasteiger partial charge < -0.3 is 10.1 Å². The van der Waals surface area contributed by atoms with Crippen LogP contribution in [0.25, 0.3) is 0 Å². The zero-order chi connectivity index (χ0) is 12.9. The second kappa shape index (κ2) is 5.91. The maximum Gasteiger partial charge on any atom is 0.155 e. The molecule has 17 heavy (non-hydrogen) atoms. The molecule has 5 heteroatoms. The Morgan fingerprint density at radius 1 is 1.24 bits per heavy atom. The highest BCUT2D eigenvalue weighted by atomic mass is 32.2. The molecule has 0 fully saturated rings. The molecule has 1 rings (SSSR count). The van der Waals surface area contributed by atoms with Crippen LogP contribution in [0, 0.1) is 0 Å². The van der Waals surface area contributed by atoms with Crippen molar-refractivity contribution in [1.29, 1.82) is 0 Å². The van der Waals surface area contributed by atoms with Crippen molar-refractivity contribution in [3.8, 4) is 5.75 Å². The van der Waals surface area contributed by atoms with Crippen molar-refractivity contribution >= 4 is 15.5 Å². The van der Waals surface area contributed by atoms with Gasteiger partial charge in [-0.3, -0.25) is 0 Å². The van der Waals surface area contributed by atoms with Gasteiger partial charge >= 0.3 is 0 Å². The van der Waals surface area contributed by atoms with Gasteiger partial charge in [-0.2, -0.15) is 0 Å². The van der Waals surface area contributed by atoms with Crippen molar-refractivity contribution < 1.29 is 13.2 Å². The van der Waals surface area contributed by atoms with Crippen molar-refractivity contribution in [3.05, 3.63) is 24.3 Å². The van der Waals surface area contributed by atoms with Crippen LogP contribution >= 0.6 is 0 Å². The van der Waals surface area contributed by atoms with Crippen LogP contribution in [0.4, 0.5) is 5.69 Å². The smallest absolute Gasteiger partial charge is 0.155 e. The van der Waals surface area contributed by atoms with E-state index in [-0.39, 0.29) is 17.6 Å². The first-order chi connectivity index (χ1) is 7.95. The van der Waals surface area contributed by atoms with Crippen LogP contribution in [0.5, 0.6) is 5.75 Å². The van der Waals surface area contributed by atoms with Gasteiger partial charge in [-0.25, -0.2) is 8.42 Å². The molecule has 0 aliphatic carbocycles. The maximum atomic E-state index is 11.5. The van der Waals surface area contributed by atoms with Crippen LogP contribution in [0.15, 0.2) is 24.3 Å². The van der Waals surface area contributed by atoms with Gasteiger partial charge in [-0.15, -0.1) is 0 Å². The molecule has 0 aliphatic rings. The fourth-order valence-electron chi connectivity index (χ4n) is 1.23. The van der Waals surface area contributed by atoms with E-state index in [4.69, 9.17) is 4.74 Å². The third kappa shape index (κ3) is 4.26. The predicted molar refractivity (Wildman–Crippen MR) is 70.4 cm³/mol. The molecule has 0 radical (unpaired) electrons. The van der Waals surface area contributed by atoms with Gasteiger partial charge in [0.25, 0.3) is 0 Å². The van der Waals surface area contributed by atoms with Crippen molar-refractivity contribution in [1.82, 2.24) is 0 Å². The fourth-order valence-corrected chi connectivity index (χ4v) is 2.02. The molecule has 0 saturated heterocycles. The number of hydrogen-bond donors (Lipinski definition) is 1. The summed E-state index contributed by atoms with van der Waals surface area (Å²) < 4.78 is 28.4. The minimum absolute atomic E-state index is 0.0540. The molecule has 0 bridgehead atoms. The van der Waals surface area contributed by atoms with Crippen molar-refractivity contribution in [3.63, 3.8) is 0 Å². The Balaban J connectivity index is 2.46. The van der Waals surface area contributed by atoms with E-state index >= 15 is 0 Å². The molecule has 0 unspecified atom stereocenters. The first-order valence-corrected chi connectivity index (χ1v) is 7.29. The van der Waals surface area contributed by atoms with Gasteiger partial charge in [-0.05, 0) is 38.1 Å². The second-order valence-corrected chi connectivity index (χ2v) is 6.72. The number of nitrogens with one attached hydrogen (secondary N) is 1. The molecule has 0 atom stereocenters. The van der Waals surface area contributed by atoms with Crippen LogP contribution in [-0.2, 0) is 9.84 Å². The van der Waals surface area contributed by atoms with E-state index in [9.17, 15) is 8.42 Å². The van der Waals surface area contributed by atoms with Crippen LogP contribution in [0.2, 0.25) is 0 Å². The predicted octanol–water partition coefficient (Wildman–Crippen LogP) is 1.93. The van der Waals surface area contributed by atoms with Crippen LogP contribution in [-0.4, -0.2) is 33.1 Å². The molecule has 0 spiro atoms. The summed E-state index contributed by atoms with van der Waals surface area (Å²) in [7, 11) is -1.18. The molecule has 1 aromatic carbocycles. The number of sulfone groups is 1. The fraction of sp³-hybridized carbons (Fsp3) is 0.500. The number of anilines is 1. The van der Waals surface area contributed by atoms with E-state index in [0.717, 1.165) is 5.69 Å². The summed E-state index contributed by atoms with van der Waals surface area (Å²) in [6.45, 7) is 3.55. The van der Waals surface area contributed by atoms with E-state index in [0.29, 0.717) is 5.75 Å². The van der Waals surface area contributed by atoms with E-state index in [1.807, 2.05) is 31.3 Å². The Labute approximate surface area is 103 Å². The molecule has 1 N–H and O–H groups in total. The molecule has 4 nitrogen and oxygen atoms in total. The molecule has 0 aromatic heterocycles. The number of hydrogen-bond acceptors (Lipinski definition) is 4. The normalized spacial score (nSPS) is 11.5. The minimum Gasteiger partial charge on any atom is -0.493 e. The molecular formula is C12H19NO3S.